The Labute approximate surface area is 146 Å². The van der Waals surface area contributed by atoms with Gasteiger partial charge in [-0.15, -0.1) is 0 Å². The molecular formula is C18H22N2O4S. The number of hydrogen-bond donors (Lipinski definition) is 1. The van der Waals surface area contributed by atoms with Crippen LogP contribution in [0, 0.1) is 0 Å². The topological polar surface area (TPSA) is 89.0 Å². The van der Waals surface area contributed by atoms with E-state index in [4.69, 9.17) is 0 Å². The minimum atomic E-state index is -3.16. The predicted molar refractivity (Wildman–Crippen MR) is 98.6 cm³/mol. The fourth-order valence-corrected chi connectivity index (χ4v) is 4.10. The summed E-state index contributed by atoms with van der Waals surface area (Å²) >= 11 is 0. The third-order valence-electron chi connectivity index (χ3n) is 3.83. The maximum Gasteiger partial charge on any atom is 0.328 e. The second-order valence-corrected chi connectivity index (χ2v) is 8.18. The fraction of sp³-hybridized carbons (Fsp3) is 0.333. The van der Waals surface area contributed by atoms with Crippen LogP contribution in [0.3, 0.4) is 0 Å². The number of benzene rings is 1. The van der Waals surface area contributed by atoms with E-state index in [0.29, 0.717) is 6.42 Å². The van der Waals surface area contributed by atoms with Gasteiger partial charge in [-0.05, 0) is 17.9 Å². The molecule has 0 aliphatic rings. The molecule has 2 aromatic rings. The van der Waals surface area contributed by atoms with Crippen LogP contribution in [0.1, 0.15) is 24.8 Å². The van der Waals surface area contributed by atoms with Gasteiger partial charge in [0.2, 0.25) is 0 Å². The lowest BCUT2D eigenvalue weighted by molar-refractivity contribution is 0.590. The van der Waals surface area contributed by atoms with Gasteiger partial charge < -0.3 is 0 Å². The molecule has 1 atom stereocenters. The average molecular weight is 362 g/mol. The summed E-state index contributed by atoms with van der Waals surface area (Å²) < 4.78 is 25.8. The zero-order valence-corrected chi connectivity index (χ0v) is 14.9. The van der Waals surface area contributed by atoms with Crippen LogP contribution >= 0.6 is 0 Å². The van der Waals surface area contributed by atoms with E-state index in [2.05, 4.69) is 4.98 Å². The zero-order valence-electron chi connectivity index (χ0n) is 14.1. The molecule has 0 saturated carbocycles. The van der Waals surface area contributed by atoms with Gasteiger partial charge in [-0.2, -0.15) is 0 Å². The molecule has 1 N–H and O–H groups in total. The first kappa shape index (κ1) is 18.9. The van der Waals surface area contributed by atoms with E-state index < -0.39 is 21.1 Å². The first-order valence-electron chi connectivity index (χ1n) is 8.07. The molecule has 1 heterocycles. The van der Waals surface area contributed by atoms with Crippen molar-refractivity contribution in [2.75, 3.05) is 11.5 Å². The molecule has 1 aromatic heterocycles. The van der Waals surface area contributed by atoms with Gasteiger partial charge in [-0.1, -0.05) is 49.4 Å². The highest BCUT2D eigenvalue weighted by Gasteiger charge is 2.16. The van der Waals surface area contributed by atoms with Crippen molar-refractivity contribution in [1.29, 1.82) is 0 Å². The summed E-state index contributed by atoms with van der Waals surface area (Å²) in [5, 5.41) is 0. The number of sulfone groups is 1. The lowest BCUT2D eigenvalue weighted by atomic mass is 10.0. The summed E-state index contributed by atoms with van der Waals surface area (Å²) in [5.74, 6) is 0.140. The number of H-pyrrole nitrogens is 1. The second kappa shape index (κ2) is 8.62. The normalized spacial score (nSPS) is 13.2. The lowest BCUT2D eigenvalue weighted by Crippen LogP contribution is -2.28. The zero-order chi connectivity index (χ0) is 18.3. The van der Waals surface area contributed by atoms with Crippen LogP contribution in [-0.4, -0.2) is 29.5 Å². The Morgan fingerprint density at radius 3 is 2.52 bits per heavy atom. The summed E-state index contributed by atoms with van der Waals surface area (Å²) in [7, 11) is -3.16. The molecule has 0 spiro atoms. The van der Waals surface area contributed by atoms with E-state index in [1.165, 1.54) is 16.8 Å². The monoisotopic (exact) mass is 362 g/mol. The summed E-state index contributed by atoms with van der Waals surface area (Å²) in [6, 6.07) is 10.8. The van der Waals surface area contributed by atoms with Crippen molar-refractivity contribution in [3.05, 3.63) is 81.1 Å². The van der Waals surface area contributed by atoms with E-state index in [1.807, 2.05) is 37.3 Å². The van der Waals surface area contributed by atoms with Crippen molar-refractivity contribution in [2.45, 2.75) is 25.8 Å². The van der Waals surface area contributed by atoms with Gasteiger partial charge in [0.05, 0.1) is 11.5 Å². The van der Waals surface area contributed by atoms with Gasteiger partial charge in [0.15, 0.2) is 9.84 Å². The van der Waals surface area contributed by atoms with E-state index in [9.17, 15) is 18.0 Å². The first-order valence-corrected chi connectivity index (χ1v) is 9.90. The Bertz CT molecular complexity index is 927. The molecule has 2 rings (SSSR count). The molecule has 134 valence electrons. The van der Waals surface area contributed by atoms with Gasteiger partial charge in [-0.3, -0.25) is 14.3 Å². The summed E-state index contributed by atoms with van der Waals surface area (Å²) in [6.07, 6.45) is 5.25. The third-order valence-corrected chi connectivity index (χ3v) is 5.70. The van der Waals surface area contributed by atoms with Crippen molar-refractivity contribution >= 4 is 9.84 Å². The molecule has 7 heteroatoms. The molecular weight excluding hydrogens is 340 g/mol. The van der Waals surface area contributed by atoms with Crippen molar-refractivity contribution in [3.63, 3.8) is 0 Å². The average Bonchev–Trinajstić information content (AvgIpc) is 2.56. The van der Waals surface area contributed by atoms with Crippen molar-refractivity contribution < 1.29 is 8.42 Å². The SMILES string of the molecule is C[C@@H](CS(=O)(=O)CC/C=C/Cn1ccc(=O)[nH]c1=O)c1ccccc1. The summed E-state index contributed by atoms with van der Waals surface area (Å²) in [5.41, 5.74) is 0.0874. The van der Waals surface area contributed by atoms with Crippen LogP contribution in [0.25, 0.3) is 0 Å². The Kier molecular flexibility index (Phi) is 6.52. The van der Waals surface area contributed by atoms with E-state index in [0.717, 1.165) is 5.56 Å². The number of aromatic amines is 1. The largest absolute Gasteiger partial charge is 0.328 e. The van der Waals surface area contributed by atoms with Gasteiger partial charge in [0.1, 0.15) is 0 Å². The fourth-order valence-electron chi connectivity index (χ4n) is 2.48. The predicted octanol–water partition coefficient (Wildman–Crippen LogP) is 1.70. The smallest absolute Gasteiger partial charge is 0.297 e. The maximum absolute atomic E-state index is 12.2. The highest BCUT2D eigenvalue weighted by Crippen LogP contribution is 2.17. The molecule has 0 aliphatic heterocycles. The van der Waals surface area contributed by atoms with Crippen LogP contribution in [-0.2, 0) is 16.4 Å². The van der Waals surface area contributed by atoms with E-state index in [-0.39, 0.29) is 24.0 Å². The van der Waals surface area contributed by atoms with Gasteiger partial charge in [0.25, 0.3) is 5.56 Å². The number of aromatic nitrogens is 2. The standard InChI is InChI=1S/C18H22N2O4S/c1-15(16-8-4-2-5-9-16)14-25(23,24)13-7-3-6-11-20-12-10-17(21)19-18(20)22/h2-6,8-10,12,15H,7,11,13-14H2,1H3,(H,19,21,22)/b6-3+/t15-/m0/s1. The van der Waals surface area contributed by atoms with Crippen LogP contribution in [0.15, 0.2) is 64.3 Å². The molecule has 0 amide bonds. The Morgan fingerprint density at radius 2 is 1.84 bits per heavy atom. The van der Waals surface area contributed by atoms with Crippen molar-refractivity contribution in [1.82, 2.24) is 9.55 Å². The second-order valence-electron chi connectivity index (χ2n) is 5.95. The molecule has 25 heavy (non-hydrogen) atoms. The number of allylic oxidation sites excluding steroid dienone is 2. The highest BCUT2D eigenvalue weighted by atomic mass is 32.2. The number of rotatable bonds is 8. The number of nitrogens with zero attached hydrogens (tertiary/aromatic N) is 1. The van der Waals surface area contributed by atoms with Crippen LogP contribution in [0.2, 0.25) is 0 Å². The van der Waals surface area contributed by atoms with Crippen LogP contribution in [0.4, 0.5) is 0 Å². The molecule has 0 saturated heterocycles. The highest BCUT2D eigenvalue weighted by molar-refractivity contribution is 7.91. The Hall–Kier alpha value is -2.41. The Morgan fingerprint density at radius 1 is 1.12 bits per heavy atom. The molecule has 0 bridgehead atoms. The minimum absolute atomic E-state index is 0.0464. The molecule has 0 radical (unpaired) electrons. The van der Waals surface area contributed by atoms with Crippen LogP contribution < -0.4 is 11.2 Å². The van der Waals surface area contributed by atoms with Crippen molar-refractivity contribution in [2.24, 2.45) is 0 Å². The lowest BCUT2D eigenvalue weighted by Gasteiger charge is -2.11. The molecule has 0 aliphatic carbocycles. The first-order chi connectivity index (χ1) is 11.9. The third kappa shape index (κ3) is 6.19. The van der Waals surface area contributed by atoms with Gasteiger partial charge >= 0.3 is 5.69 Å². The molecule has 0 fully saturated rings. The van der Waals surface area contributed by atoms with Gasteiger partial charge in [0, 0.05) is 18.8 Å². The van der Waals surface area contributed by atoms with E-state index in [1.54, 1.807) is 12.2 Å². The maximum atomic E-state index is 12.2. The van der Waals surface area contributed by atoms with Crippen LogP contribution in [0.5, 0.6) is 0 Å². The molecule has 6 nitrogen and oxygen atoms in total. The minimum Gasteiger partial charge on any atom is -0.297 e. The number of hydrogen-bond acceptors (Lipinski definition) is 4. The van der Waals surface area contributed by atoms with Gasteiger partial charge in [-0.25, -0.2) is 13.2 Å². The quantitative estimate of drug-likeness (QED) is 0.724. The molecule has 0 unspecified atom stereocenters. The number of nitrogens with one attached hydrogen (secondary N) is 1. The van der Waals surface area contributed by atoms with Crippen molar-refractivity contribution in [3.8, 4) is 0 Å². The van der Waals surface area contributed by atoms with E-state index >= 15 is 0 Å². The Balaban J connectivity index is 1.83. The summed E-state index contributed by atoms with van der Waals surface area (Å²) in [4.78, 5) is 24.6. The summed E-state index contributed by atoms with van der Waals surface area (Å²) in [6.45, 7) is 2.20. The molecule has 1 aromatic carbocycles.